The maximum Gasteiger partial charge on any atom is 0.0693 e. The van der Waals surface area contributed by atoms with Gasteiger partial charge in [-0.1, -0.05) is 52.9 Å². The van der Waals surface area contributed by atoms with E-state index in [1.165, 1.54) is 38.5 Å². The molecule has 0 aromatic rings. The second-order valence-electron chi connectivity index (χ2n) is 6.77. The smallest absolute Gasteiger partial charge is 0.0693 e. The van der Waals surface area contributed by atoms with Gasteiger partial charge in [-0.2, -0.15) is 0 Å². The normalized spacial score (nSPS) is 23.0. The van der Waals surface area contributed by atoms with Crippen LogP contribution < -0.4 is 5.73 Å². The summed E-state index contributed by atoms with van der Waals surface area (Å²) in [6.45, 7) is 6.64. The van der Waals surface area contributed by atoms with Crippen LogP contribution in [0.4, 0.5) is 0 Å². The van der Waals surface area contributed by atoms with Gasteiger partial charge in [-0.15, -0.1) is 0 Å². The molecule has 0 heterocycles. The molecule has 2 heteroatoms. The van der Waals surface area contributed by atoms with Crippen molar-refractivity contribution in [2.75, 3.05) is 0 Å². The topological polar surface area (TPSA) is 46.2 Å². The first-order valence-electron chi connectivity index (χ1n) is 7.94. The SMILES string of the molecule is CC(C)[C@@H](C)C[C@H](O)[C@@H](N)CCC1CCCCC1. The summed E-state index contributed by atoms with van der Waals surface area (Å²) in [5, 5.41) is 10.1. The third kappa shape index (κ3) is 5.71. The van der Waals surface area contributed by atoms with Gasteiger partial charge < -0.3 is 10.8 Å². The van der Waals surface area contributed by atoms with Crippen molar-refractivity contribution in [1.29, 1.82) is 0 Å². The van der Waals surface area contributed by atoms with E-state index in [0.29, 0.717) is 11.8 Å². The molecule has 18 heavy (non-hydrogen) atoms. The molecular formula is C16H33NO. The molecule has 2 nitrogen and oxygen atoms in total. The standard InChI is InChI=1S/C16H33NO/c1-12(2)13(3)11-16(18)15(17)10-9-14-7-5-4-6-8-14/h12-16,18H,4-11,17H2,1-3H3/t13-,15-,16-/m0/s1. The highest BCUT2D eigenvalue weighted by Gasteiger charge is 2.21. The molecule has 0 aliphatic heterocycles. The Bertz CT molecular complexity index is 211. The van der Waals surface area contributed by atoms with E-state index in [4.69, 9.17) is 5.73 Å². The summed E-state index contributed by atoms with van der Waals surface area (Å²) in [7, 11) is 0. The molecule has 3 N–H and O–H groups in total. The van der Waals surface area contributed by atoms with Crippen LogP contribution in [0.3, 0.4) is 0 Å². The quantitative estimate of drug-likeness (QED) is 0.728. The molecule has 0 spiro atoms. The van der Waals surface area contributed by atoms with E-state index >= 15 is 0 Å². The molecule has 108 valence electrons. The van der Waals surface area contributed by atoms with Crippen LogP contribution >= 0.6 is 0 Å². The van der Waals surface area contributed by atoms with Crippen molar-refractivity contribution >= 4 is 0 Å². The molecule has 1 rings (SSSR count). The lowest BCUT2D eigenvalue weighted by molar-refractivity contribution is 0.101. The molecule has 0 saturated heterocycles. The van der Waals surface area contributed by atoms with Crippen LogP contribution in [0.1, 0.15) is 72.1 Å². The molecule has 0 radical (unpaired) electrons. The summed E-state index contributed by atoms with van der Waals surface area (Å²) in [5.74, 6) is 2.06. The predicted molar refractivity (Wildman–Crippen MR) is 78.4 cm³/mol. The van der Waals surface area contributed by atoms with Crippen LogP contribution in [-0.2, 0) is 0 Å². The first-order chi connectivity index (χ1) is 8.50. The van der Waals surface area contributed by atoms with Crippen LogP contribution in [0.2, 0.25) is 0 Å². The predicted octanol–water partition coefficient (Wildman–Crippen LogP) is 3.72. The van der Waals surface area contributed by atoms with Crippen molar-refractivity contribution in [3.63, 3.8) is 0 Å². The third-order valence-corrected chi connectivity index (χ3v) is 4.88. The summed E-state index contributed by atoms with van der Waals surface area (Å²) >= 11 is 0. The summed E-state index contributed by atoms with van der Waals surface area (Å²) in [5.41, 5.74) is 6.13. The lowest BCUT2D eigenvalue weighted by Gasteiger charge is -2.27. The van der Waals surface area contributed by atoms with Gasteiger partial charge in [0, 0.05) is 6.04 Å². The van der Waals surface area contributed by atoms with Crippen molar-refractivity contribution in [1.82, 2.24) is 0 Å². The molecule has 1 saturated carbocycles. The van der Waals surface area contributed by atoms with Gasteiger partial charge in [0.15, 0.2) is 0 Å². The van der Waals surface area contributed by atoms with Gasteiger partial charge in [0.2, 0.25) is 0 Å². The fourth-order valence-electron chi connectivity index (χ4n) is 2.92. The third-order valence-electron chi connectivity index (χ3n) is 4.88. The maximum atomic E-state index is 10.1. The van der Waals surface area contributed by atoms with Crippen LogP contribution in [0, 0.1) is 17.8 Å². The Hall–Kier alpha value is -0.0800. The first kappa shape index (κ1) is 16.0. The highest BCUT2D eigenvalue weighted by Crippen LogP contribution is 2.28. The van der Waals surface area contributed by atoms with Gasteiger partial charge in [0.1, 0.15) is 0 Å². The highest BCUT2D eigenvalue weighted by atomic mass is 16.3. The lowest BCUT2D eigenvalue weighted by Crippen LogP contribution is -2.36. The minimum atomic E-state index is -0.314. The van der Waals surface area contributed by atoms with E-state index in [1.807, 2.05) is 0 Å². The van der Waals surface area contributed by atoms with E-state index in [9.17, 15) is 5.11 Å². The first-order valence-corrected chi connectivity index (χ1v) is 7.94. The second kappa shape index (κ2) is 8.16. The zero-order chi connectivity index (χ0) is 13.5. The van der Waals surface area contributed by atoms with Crippen molar-refractivity contribution < 1.29 is 5.11 Å². The lowest BCUT2D eigenvalue weighted by atomic mass is 9.83. The van der Waals surface area contributed by atoms with Gasteiger partial charge in [0.25, 0.3) is 0 Å². The molecule has 1 aliphatic rings. The van der Waals surface area contributed by atoms with Crippen LogP contribution in [0.5, 0.6) is 0 Å². The van der Waals surface area contributed by atoms with Gasteiger partial charge in [0.05, 0.1) is 6.10 Å². The largest absolute Gasteiger partial charge is 0.392 e. The number of nitrogens with two attached hydrogens (primary N) is 1. The van der Waals surface area contributed by atoms with Gasteiger partial charge in [-0.3, -0.25) is 0 Å². The minimum Gasteiger partial charge on any atom is -0.392 e. The van der Waals surface area contributed by atoms with Crippen molar-refractivity contribution in [3.05, 3.63) is 0 Å². The molecular weight excluding hydrogens is 222 g/mol. The monoisotopic (exact) mass is 255 g/mol. The van der Waals surface area contributed by atoms with E-state index in [0.717, 1.165) is 18.8 Å². The average molecular weight is 255 g/mol. The number of rotatable bonds is 7. The zero-order valence-electron chi connectivity index (χ0n) is 12.6. The Morgan fingerprint density at radius 1 is 1.11 bits per heavy atom. The average Bonchev–Trinajstić information content (AvgIpc) is 2.36. The van der Waals surface area contributed by atoms with Crippen molar-refractivity contribution in [3.8, 4) is 0 Å². The molecule has 0 aromatic carbocycles. The molecule has 3 atom stereocenters. The van der Waals surface area contributed by atoms with Crippen LogP contribution in [-0.4, -0.2) is 17.3 Å². The Balaban J connectivity index is 2.20. The fourth-order valence-corrected chi connectivity index (χ4v) is 2.92. The fraction of sp³-hybridized carbons (Fsp3) is 1.00. The van der Waals surface area contributed by atoms with Gasteiger partial charge in [-0.25, -0.2) is 0 Å². The van der Waals surface area contributed by atoms with Gasteiger partial charge in [-0.05, 0) is 37.0 Å². The molecule has 1 fully saturated rings. The molecule has 0 unspecified atom stereocenters. The zero-order valence-corrected chi connectivity index (χ0v) is 12.6. The molecule has 0 aromatic heterocycles. The summed E-state index contributed by atoms with van der Waals surface area (Å²) in [6, 6.07) is -0.0203. The number of hydrogen-bond donors (Lipinski definition) is 2. The van der Waals surface area contributed by atoms with Crippen LogP contribution in [0.15, 0.2) is 0 Å². The molecule has 0 amide bonds. The number of aliphatic hydroxyl groups is 1. The Morgan fingerprint density at radius 2 is 1.72 bits per heavy atom. The van der Waals surface area contributed by atoms with Crippen LogP contribution in [0.25, 0.3) is 0 Å². The number of aliphatic hydroxyl groups excluding tert-OH is 1. The highest BCUT2D eigenvalue weighted by molar-refractivity contribution is 4.77. The summed E-state index contributed by atoms with van der Waals surface area (Å²) in [6.07, 6.45) is 9.72. The Kier molecular flexibility index (Phi) is 7.25. The van der Waals surface area contributed by atoms with E-state index < -0.39 is 0 Å². The van der Waals surface area contributed by atoms with E-state index in [2.05, 4.69) is 20.8 Å². The Labute approximate surface area is 113 Å². The second-order valence-corrected chi connectivity index (χ2v) is 6.77. The molecule has 0 bridgehead atoms. The van der Waals surface area contributed by atoms with Crippen molar-refractivity contribution in [2.24, 2.45) is 23.5 Å². The minimum absolute atomic E-state index is 0.0203. The summed E-state index contributed by atoms with van der Waals surface area (Å²) in [4.78, 5) is 0. The number of hydrogen-bond acceptors (Lipinski definition) is 2. The Morgan fingerprint density at radius 3 is 2.28 bits per heavy atom. The van der Waals surface area contributed by atoms with Gasteiger partial charge >= 0.3 is 0 Å². The maximum absolute atomic E-state index is 10.1. The summed E-state index contributed by atoms with van der Waals surface area (Å²) < 4.78 is 0. The van der Waals surface area contributed by atoms with E-state index in [1.54, 1.807) is 0 Å². The molecule has 1 aliphatic carbocycles. The van der Waals surface area contributed by atoms with E-state index in [-0.39, 0.29) is 12.1 Å². The van der Waals surface area contributed by atoms with Crippen molar-refractivity contribution in [2.45, 2.75) is 84.3 Å².